The van der Waals surface area contributed by atoms with Crippen molar-refractivity contribution in [1.82, 2.24) is 0 Å². The van der Waals surface area contributed by atoms with E-state index in [4.69, 9.17) is 0 Å². The molecule has 0 saturated heterocycles. The first-order valence-electron chi connectivity index (χ1n) is 1.85. The van der Waals surface area contributed by atoms with Crippen molar-refractivity contribution in [3.8, 4) is 0 Å². The molecule has 0 spiro atoms. The second kappa shape index (κ2) is 2.18. The van der Waals surface area contributed by atoms with Gasteiger partial charge in [0.05, 0.1) is 0 Å². The van der Waals surface area contributed by atoms with E-state index in [0.717, 1.165) is 33.6 Å². The molecule has 0 aliphatic carbocycles. The van der Waals surface area contributed by atoms with Crippen molar-refractivity contribution in [1.29, 1.82) is 0 Å². The molecule has 34 valence electrons. The number of hydrogen-bond donors (Lipinski definition) is 0. The van der Waals surface area contributed by atoms with E-state index in [1.54, 1.807) is 0 Å². The molecule has 1 heterocycles. The van der Waals surface area contributed by atoms with Crippen LogP contribution in [0, 0.1) is 0 Å². The van der Waals surface area contributed by atoms with Crippen LogP contribution < -0.4 is 0 Å². The molecule has 0 fully saturated rings. The first-order chi connectivity index (χ1) is 2.89. The summed E-state index contributed by atoms with van der Waals surface area (Å²) in [7, 11) is 0. The van der Waals surface area contributed by atoms with Crippen molar-refractivity contribution in [3.05, 3.63) is 9.95 Å². The average molecular weight is 212 g/mol. The van der Waals surface area contributed by atoms with Gasteiger partial charge in [0.15, 0.2) is 0 Å². The Morgan fingerprint density at radius 3 is 2.00 bits per heavy atom. The Morgan fingerprint density at radius 2 is 1.83 bits per heavy atom. The van der Waals surface area contributed by atoms with E-state index >= 15 is 0 Å². The predicted molar refractivity (Wildman–Crippen MR) is 30.1 cm³/mol. The fraction of sp³-hybridized carbons (Fsp3) is 0.500. The summed E-state index contributed by atoms with van der Waals surface area (Å²) in [6.45, 7) is 2.33. The monoisotopic (exact) mass is 214 g/mol. The molecule has 0 nitrogen and oxygen atoms in total. The van der Waals surface area contributed by atoms with Crippen molar-refractivity contribution in [2.24, 2.45) is 0 Å². The molecule has 6 heavy (non-hydrogen) atoms. The zero-order valence-electron chi connectivity index (χ0n) is 3.55. The molecule has 0 aromatic heterocycles. The van der Waals surface area contributed by atoms with Crippen LogP contribution in [0.2, 0.25) is 3.71 Å². The van der Waals surface area contributed by atoms with Crippen LogP contribution in [0.15, 0.2) is 9.95 Å². The Morgan fingerprint density at radius 1 is 1.33 bits per heavy atom. The van der Waals surface area contributed by atoms with Gasteiger partial charge in [0.2, 0.25) is 0 Å². The summed E-state index contributed by atoms with van der Waals surface area (Å²) in [5.74, 6) is 0. The van der Waals surface area contributed by atoms with Gasteiger partial charge in [-0.2, -0.15) is 0 Å². The normalized spacial score (nSPS) is 22.8. The molecule has 0 N–H and O–H groups in total. The molecular weight excluding hydrogens is 206 g/mol. The van der Waals surface area contributed by atoms with E-state index in [1.807, 2.05) is 0 Å². The standard InChI is InChI=1S/C4H6Se2/c1-4-5-2-3-6-4/h2-4H,1H3. The summed E-state index contributed by atoms with van der Waals surface area (Å²) >= 11 is 1.75. The average Bonchev–Trinajstić information content (AvgIpc) is 1.86. The van der Waals surface area contributed by atoms with Crippen molar-refractivity contribution >= 4 is 29.9 Å². The van der Waals surface area contributed by atoms with Crippen LogP contribution in [0.1, 0.15) is 6.92 Å². The molecule has 0 aromatic carbocycles. The van der Waals surface area contributed by atoms with Crippen LogP contribution in [-0.2, 0) is 0 Å². The van der Waals surface area contributed by atoms with Gasteiger partial charge >= 0.3 is 50.5 Å². The Balaban J connectivity index is 2.32. The molecule has 1 rings (SSSR count). The van der Waals surface area contributed by atoms with Crippen molar-refractivity contribution < 1.29 is 0 Å². The molecule has 0 unspecified atom stereocenters. The van der Waals surface area contributed by atoms with Crippen LogP contribution >= 0.6 is 0 Å². The molecule has 0 bridgehead atoms. The van der Waals surface area contributed by atoms with Gasteiger partial charge in [-0.15, -0.1) is 0 Å². The maximum atomic E-state index is 2.34. The van der Waals surface area contributed by atoms with Gasteiger partial charge in [0, 0.05) is 0 Å². The third-order valence-corrected chi connectivity index (χ3v) is 6.73. The molecule has 2 heteroatoms. The number of hydrogen-bond acceptors (Lipinski definition) is 0. The fourth-order valence-corrected chi connectivity index (χ4v) is 5.15. The van der Waals surface area contributed by atoms with Gasteiger partial charge in [-0.3, -0.25) is 0 Å². The van der Waals surface area contributed by atoms with Crippen molar-refractivity contribution in [3.63, 3.8) is 0 Å². The summed E-state index contributed by atoms with van der Waals surface area (Å²) < 4.78 is 1.06. The Labute approximate surface area is 50.7 Å². The van der Waals surface area contributed by atoms with Gasteiger partial charge in [0.1, 0.15) is 0 Å². The molecular formula is C4H6Se2. The van der Waals surface area contributed by atoms with E-state index in [0.29, 0.717) is 0 Å². The van der Waals surface area contributed by atoms with E-state index in [9.17, 15) is 0 Å². The summed E-state index contributed by atoms with van der Waals surface area (Å²) in [5.41, 5.74) is 0. The molecule has 0 saturated carbocycles. The van der Waals surface area contributed by atoms with E-state index in [1.165, 1.54) is 0 Å². The predicted octanol–water partition coefficient (Wildman–Crippen LogP) is 0.645. The zero-order valence-corrected chi connectivity index (χ0v) is 6.97. The van der Waals surface area contributed by atoms with Crippen LogP contribution in [0.4, 0.5) is 0 Å². The van der Waals surface area contributed by atoms with Gasteiger partial charge in [-0.1, -0.05) is 0 Å². The number of rotatable bonds is 0. The van der Waals surface area contributed by atoms with Crippen LogP contribution in [0.5, 0.6) is 0 Å². The Bertz CT molecular complexity index is 59.9. The van der Waals surface area contributed by atoms with Crippen molar-refractivity contribution in [2.45, 2.75) is 10.6 Å². The summed E-state index contributed by atoms with van der Waals surface area (Å²) in [5, 5.41) is 0. The third-order valence-electron chi connectivity index (χ3n) is 0.596. The molecule has 0 aromatic rings. The summed E-state index contributed by atoms with van der Waals surface area (Å²) in [4.78, 5) is 4.69. The van der Waals surface area contributed by atoms with Crippen molar-refractivity contribution in [2.75, 3.05) is 0 Å². The second-order valence-corrected chi connectivity index (χ2v) is 7.88. The van der Waals surface area contributed by atoms with Gasteiger partial charge < -0.3 is 0 Å². The minimum absolute atomic E-state index is 0.875. The third kappa shape index (κ3) is 1.13. The topological polar surface area (TPSA) is 0 Å². The van der Waals surface area contributed by atoms with E-state index < -0.39 is 0 Å². The SMILES string of the molecule is CC1[Se]C=C[Se]1. The van der Waals surface area contributed by atoms with Gasteiger partial charge in [-0.25, -0.2) is 0 Å². The van der Waals surface area contributed by atoms with Crippen LogP contribution in [0.3, 0.4) is 0 Å². The first kappa shape index (κ1) is 4.93. The summed E-state index contributed by atoms with van der Waals surface area (Å²) in [6, 6.07) is 0. The maximum absolute atomic E-state index is 2.34. The molecule has 0 amide bonds. The van der Waals surface area contributed by atoms with Gasteiger partial charge in [-0.05, 0) is 0 Å². The van der Waals surface area contributed by atoms with Crippen LogP contribution in [0.25, 0.3) is 0 Å². The quantitative estimate of drug-likeness (QED) is 0.517. The second-order valence-electron chi connectivity index (χ2n) is 1.11. The molecule has 1 aliphatic rings. The van der Waals surface area contributed by atoms with E-state index in [-0.39, 0.29) is 0 Å². The zero-order chi connectivity index (χ0) is 4.41. The molecule has 0 radical (unpaired) electrons. The summed E-state index contributed by atoms with van der Waals surface area (Å²) in [6.07, 6.45) is 0. The molecule has 1 aliphatic heterocycles. The first-order valence-corrected chi connectivity index (χ1v) is 5.81. The van der Waals surface area contributed by atoms with Crippen LogP contribution in [-0.4, -0.2) is 29.9 Å². The fourth-order valence-electron chi connectivity index (χ4n) is 0.318. The Hall–Kier alpha value is 0.779. The minimum atomic E-state index is 0.875. The Kier molecular flexibility index (Phi) is 1.79. The molecule has 0 atom stereocenters. The van der Waals surface area contributed by atoms with Gasteiger partial charge in [0.25, 0.3) is 0 Å². The van der Waals surface area contributed by atoms with E-state index in [2.05, 4.69) is 16.9 Å².